The van der Waals surface area contributed by atoms with Crippen LogP contribution in [0.25, 0.3) is 10.9 Å². The first-order valence-electron chi connectivity index (χ1n) is 9.61. The first kappa shape index (κ1) is 18.7. The van der Waals surface area contributed by atoms with Gasteiger partial charge >= 0.3 is 0 Å². The molecular formula is C22H22ClN3O2. The van der Waals surface area contributed by atoms with Crippen LogP contribution in [0, 0.1) is 11.8 Å². The number of nitrogens with zero attached hydrogens (tertiary/aromatic N) is 2. The number of carbonyl (C=O) groups excluding carboxylic acids is 1. The van der Waals surface area contributed by atoms with Gasteiger partial charge in [-0.05, 0) is 61.9 Å². The fraction of sp³-hybridized carbons (Fsp3) is 0.318. The maximum absolute atomic E-state index is 12.7. The number of aromatic nitrogens is 2. The second kappa shape index (κ2) is 8.15. The predicted octanol–water partition coefficient (Wildman–Crippen LogP) is 4.50. The molecule has 0 spiro atoms. The lowest BCUT2D eigenvalue weighted by atomic mass is 9.81. The molecule has 3 aromatic rings. The van der Waals surface area contributed by atoms with E-state index in [9.17, 15) is 9.59 Å². The van der Waals surface area contributed by atoms with E-state index in [0.29, 0.717) is 22.9 Å². The number of anilines is 1. The number of carbonyl (C=O) groups is 1. The van der Waals surface area contributed by atoms with Gasteiger partial charge in [0.25, 0.3) is 5.56 Å². The third kappa shape index (κ3) is 4.09. The Hall–Kier alpha value is -2.66. The normalized spacial score (nSPS) is 19.5. The quantitative estimate of drug-likeness (QED) is 0.707. The van der Waals surface area contributed by atoms with Gasteiger partial charge < -0.3 is 5.32 Å². The highest BCUT2D eigenvalue weighted by Crippen LogP contribution is 2.30. The molecule has 0 saturated heterocycles. The molecule has 5 nitrogen and oxygen atoms in total. The van der Waals surface area contributed by atoms with E-state index in [1.807, 2.05) is 36.4 Å². The average molecular weight is 396 g/mol. The Bertz CT molecular complexity index is 1050. The molecule has 0 atom stereocenters. The minimum Gasteiger partial charge on any atom is -0.326 e. The van der Waals surface area contributed by atoms with Gasteiger partial charge in [0, 0.05) is 23.2 Å². The summed E-state index contributed by atoms with van der Waals surface area (Å²) in [5.74, 6) is 0.433. The molecule has 2 aromatic carbocycles. The van der Waals surface area contributed by atoms with Crippen LogP contribution in [-0.4, -0.2) is 15.5 Å². The monoisotopic (exact) mass is 395 g/mol. The molecule has 1 fully saturated rings. The number of amides is 1. The third-order valence-corrected chi connectivity index (χ3v) is 5.73. The molecule has 144 valence electrons. The number of nitrogens with one attached hydrogen (secondary N) is 1. The minimum atomic E-state index is 0.00156. The van der Waals surface area contributed by atoms with Crippen LogP contribution in [0.2, 0.25) is 5.02 Å². The summed E-state index contributed by atoms with van der Waals surface area (Å²) in [6.07, 6.45) is 5.14. The van der Waals surface area contributed by atoms with Crippen LogP contribution in [-0.2, 0) is 11.3 Å². The molecule has 1 aliphatic carbocycles. The molecular weight excluding hydrogens is 374 g/mol. The maximum Gasteiger partial charge on any atom is 0.261 e. The van der Waals surface area contributed by atoms with E-state index in [1.165, 1.54) is 0 Å². The Kier molecular flexibility index (Phi) is 5.44. The topological polar surface area (TPSA) is 64.0 Å². The highest BCUT2D eigenvalue weighted by atomic mass is 35.5. The van der Waals surface area contributed by atoms with E-state index in [1.54, 1.807) is 23.0 Å². The van der Waals surface area contributed by atoms with Crippen LogP contribution in [0.1, 0.15) is 25.7 Å². The average Bonchev–Trinajstić information content (AvgIpc) is 2.71. The molecule has 28 heavy (non-hydrogen) atoms. The SMILES string of the molecule is O=C(Nc1cccc(Cl)c1)C1CCC(Cn2cnc3ccccc3c2=O)CC1. The lowest BCUT2D eigenvalue weighted by Gasteiger charge is -2.28. The van der Waals surface area contributed by atoms with Gasteiger partial charge in [-0.25, -0.2) is 4.98 Å². The van der Waals surface area contributed by atoms with Crippen LogP contribution in [0.3, 0.4) is 0 Å². The van der Waals surface area contributed by atoms with Crippen molar-refractivity contribution in [3.8, 4) is 0 Å². The number of halogens is 1. The van der Waals surface area contributed by atoms with Gasteiger partial charge in [0.2, 0.25) is 5.91 Å². The van der Waals surface area contributed by atoms with Crippen LogP contribution in [0.4, 0.5) is 5.69 Å². The standard InChI is InChI=1S/C22H22ClN3O2/c23-17-4-3-5-18(12-17)25-21(27)16-10-8-15(9-11-16)13-26-14-24-20-7-2-1-6-19(20)22(26)28/h1-7,12,14-16H,8-11,13H2,(H,25,27). The summed E-state index contributed by atoms with van der Waals surface area (Å²) in [5, 5.41) is 4.22. The first-order chi connectivity index (χ1) is 13.6. The van der Waals surface area contributed by atoms with Crippen molar-refractivity contribution in [2.45, 2.75) is 32.2 Å². The number of para-hydroxylation sites is 1. The highest BCUT2D eigenvalue weighted by Gasteiger charge is 2.27. The van der Waals surface area contributed by atoms with Gasteiger partial charge in [-0.3, -0.25) is 14.2 Å². The van der Waals surface area contributed by atoms with Gasteiger partial charge in [0.1, 0.15) is 0 Å². The third-order valence-electron chi connectivity index (χ3n) is 5.50. The van der Waals surface area contributed by atoms with Gasteiger partial charge in [-0.1, -0.05) is 29.8 Å². The summed E-state index contributed by atoms with van der Waals surface area (Å²) < 4.78 is 1.71. The van der Waals surface area contributed by atoms with Crippen molar-refractivity contribution in [3.63, 3.8) is 0 Å². The summed E-state index contributed by atoms with van der Waals surface area (Å²) in [7, 11) is 0. The van der Waals surface area contributed by atoms with Crippen molar-refractivity contribution in [1.82, 2.24) is 9.55 Å². The van der Waals surface area contributed by atoms with Gasteiger partial charge in [0.05, 0.1) is 17.2 Å². The zero-order chi connectivity index (χ0) is 19.5. The summed E-state index contributed by atoms with van der Waals surface area (Å²) >= 11 is 5.98. The van der Waals surface area contributed by atoms with Crippen molar-refractivity contribution in [2.75, 3.05) is 5.32 Å². The van der Waals surface area contributed by atoms with Gasteiger partial charge in [-0.2, -0.15) is 0 Å². The van der Waals surface area contributed by atoms with E-state index in [-0.39, 0.29) is 17.4 Å². The summed E-state index contributed by atoms with van der Waals surface area (Å²) in [5.41, 5.74) is 1.46. The molecule has 1 aromatic heterocycles. The highest BCUT2D eigenvalue weighted by molar-refractivity contribution is 6.30. The van der Waals surface area contributed by atoms with Crippen molar-refractivity contribution in [3.05, 3.63) is 70.2 Å². The van der Waals surface area contributed by atoms with E-state index < -0.39 is 0 Å². The summed E-state index contributed by atoms with van der Waals surface area (Å²) in [6.45, 7) is 0.652. The summed E-state index contributed by atoms with van der Waals surface area (Å²) in [4.78, 5) is 29.6. The fourth-order valence-corrected chi connectivity index (χ4v) is 4.12. The van der Waals surface area contributed by atoms with Crippen LogP contribution >= 0.6 is 11.6 Å². The second-order valence-electron chi connectivity index (χ2n) is 7.44. The fourth-order valence-electron chi connectivity index (χ4n) is 3.93. The number of fused-ring (bicyclic) bond motifs is 1. The Morgan fingerprint density at radius 2 is 1.89 bits per heavy atom. The molecule has 1 heterocycles. The number of benzene rings is 2. The lowest BCUT2D eigenvalue weighted by molar-refractivity contribution is -0.121. The molecule has 6 heteroatoms. The molecule has 0 bridgehead atoms. The zero-order valence-electron chi connectivity index (χ0n) is 15.5. The Labute approximate surface area is 168 Å². The molecule has 4 rings (SSSR count). The predicted molar refractivity (Wildman–Crippen MR) is 112 cm³/mol. The van der Waals surface area contributed by atoms with Crippen molar-refractivity contribution in [2.24, 2.45) is 11.8 Å². The number of rotatable bonds is 4. The minimum absolute atomic E-state index is 0.00156. The molecule has 0 radical (unpaired) electrons. The van der Waals surface area contributed by atoms with E-state index in [0.717, 1.165) is 36.9 Å². The van der Waals surface area contributed by atoms with Gasteiger partial charge in [0.15, 0.2) is 0 Å². The van der Waals surface area contributed by atoms with Crippen LogP contribution < -0.4 is 10.9 Å². The van der Waals surface area contributed by atoms with Crippen molar-refractivity contribution >= 4 is 34.1 Å². The number of hydrogen-bond donors (Lipinski definition) is 1. The first-order valence-corrected chi connectivity index (χ1v) is 9.98. The van der Waals surface area contributed by atoms with E-state index >= 15 is 0 Å². The molecule has 1 N–H and O–H groups in total. The van der Waals surface area contributed by atoms with Crippen LogP contribution in [0.5, 0.6) is 0 Å². The molecule has 0 aliphatic heterocycles. The molecule has 0 unspecified atom stereocenters. The van der Waals surface area contributed by atoms with E-state index in [2.05, 4.69) is 10.3 Å². The smallest absolute Gasteiger partial charge is 0.261 e. The molecule has 1 saturated carbocycles. The van der Waals surface area contributed by atoms with Crippen LogP contribution in [0.15, 0.2) is 59.7 Å². The summed E-state index contributed by atoms with van der Waals surface area (Å²) in [6, 6.07) is 14.6. The Morgan fingerprint density at radius 1 is 1.11 bits per heavy atom. The second-order valence-corrected chi connectivity index (χ2v) is 7.87. The van der Waals surface area contributed by atoms with E-state index in [4.69, 9.17) is 11.6 Å². The van der Waals surface area contributed by atoms with Crippen molar-refractivity contribution < 1.29 is 4.79 Å². The largest absolute Gasteiger partial charge is 0.326 e. The lowest BCUT2D eigenvalue weighted by Crippen LogP contribution is -2.30. The Balaban J connectivity index is 1.36. The van der Waals surface area contributed by atoms with Gasteiger partial charge in [-0.15, -0.1) is 0 Å². The molecule has 1 amide bonds. The zero-order valence-corrected chi connectivity index (χ0v) is 16.2. The maximum atomic E-state index is 12.7. The molecule has 1 aliphatic rings. The Morgan fingerprint density at radius 3 is 2.68 bits per heavy atom. The number of hydrogen-bond acceptors (Lipinski definition) is 3. The van der Waals surface area contributed by atoms with Crippen molar-refractivity contribution in [1.29, 1.82) is 0 Å².